The summed E-state index contributed by atoms with van der Waals surface area (Å²) in [4.78, 5) is 28.9. The fraction of sp³-hybridized carbons (Fsp3) is 0.138. The Hall–Kier alpha value is -4.99. The van der Waals surface area contributed by atoms with E-state index in [0.717, 1.165) is 11.1 Å². The van der Waals surface area contributed by atoms with Gasteiger partial charge in [0, 0.05) is 46.0 Å². The molecular formula is C29H23F2N7O. The van der Waals surface area contributed by atoms with E-state index >= 15 is 4.39 Å². The average Bonchev–Trinajstić information content (AvgIpc) is 3.52. The number of aromatic nitrogens is 6. The number of nitrogens with one attached hydrogen (secondary N) is 3. The molecule has 6 aromatic rings. The molecule has 0 unspecified atom stereocenters. The van der Waals surface area contributed by atoms with Gasteiger partial charge in [-0.25, -0.2) is 18.7 Å². The fourth-order valence-corrected chi connectivity index (χ4v) is 4.31. The number of anilines is 1. The minimum absolute atomic E-state index is 0.173. The topological polar surface area (TPSA) is 112 Å². The molecule has 0 saturated heterocycles. The van der Waals surface area contributed by atoms with Crippen LogP contribution in [0.2, 0.25) is 0 Å². The molecule has 0 spiro atoms. The van der Waals surface area contributed by atoms with E-state index in [0.29, 0.717) is 50.4 Å². The van der Waals surface area contributed by atoms with Crippen LogP contribution < -0.4 is 5.32 Å². The van der Waals surface area contributed by atoms with Gasteiger partial charge in [-0.05, 0) is 35.9 Å². The van der Waals surface area contributed by atoms with Crippen molar-refractivity contribution in [1.29, 1.82) is 0 Å². The first-order valence-electron chi connectivity index (χ1n) is 12.2. The largest absolute Gasteiger partial charge is 0.335 e. The highest BCUT2D eigenvalue weighted by molar-refractivity contribution is 5.98. The number of halogens is 2. The highest BCUT2D eigenvalue weighted by Crippen LogP contribution is 2.34. The number of nitrogens with zero attached hydrogens (tertiary/aromatic N) is 4. The molecule has 0 aliphatic rings. The maximum atomic E-state index is 15.2. The summed E-state index contributed by atoms with van der Waals surface area (Å²) in [6.07, 6.45) is 4.70. The van der Waals surface area contributed by atoms with Gasteiger partial charge < -0.3 is 10.3 Å². The number of carbonyl (C=O) groups excluding carboxylic acids is 1. The molecule has 0 bridgehead atoms. The summed E-state index contributed by atoms with van der Waals surface area (Å²) < 4.78 is 28.7. The number of aromatic amines is 2. The Morgan fingerprint density at radius 1 is 0.949 bits per heavy atom. The Labute approximate surface area is 221 Å². The molecule has 0 aliphatic heterocycles. The lowest BCUT2D eigenvalue weighted by molar-refractivity contribution is -0.123. The third-order valence-electron chi connectivity index (χ3n) is 6.41. The fourth-order valence-electron chi connectivity index (χ4n) is 4.31. The van der Waals surface area contributed by atoms with Crippen LogP contribution in [0.5, 0.6) is 0 Å². The lowest BCUT2D eigenvalue weighted by Crippen LogP contribution is -2.27. The van der Waals surface area contributed by atoms with E-state index in [1.54, 1.807) is 30.5 Å². The van der Waals surface area contributed by atoms with Crippen molar-refractivity contribution in [3.05, 3.63) is 78.8 Å². The van der Waals surface area contributed by atoms with Crippen LogP contribution in [0.4, 0.5) is 14.5 Å². The van der Waals surface area contributed by atoms with Crippen molar-refractivity contribution >= 4 is 33.7 Å². The molecule has 0 fully saturated rings. The minimum atomic E-state index is -0.593. The molecule has 6 rings (SSSR count). The highest BCUT2D eigenvalue weighted by atomic mass is 19.1. The van der Waals surface area contributed by atoms with Crippen molar-refractivity contribution in [1.82, 2.24) is 30.1 Å². The molecule has 0 atom stereocenters. The van der Waals surface area contributed by atoms with Crippen molar-refractivity contribution in [2.24, 2.45) is 5.41 Å². The summed E-state index contributed by atoms with van der Waals surface area (Å²) in [6, 6.07) is 12.7. The first-order chi connectivity index (χ1) is 18.7. The average molecular weight is 524 g/mol. The Balaban J connectivity index is 1.42. The number of benzene rings is 2. The van der Waals surface area contributed by atoms with Crippen LogP contribution in [0, 0.1) is 17.0 Å². The smallest absolute Gasteiger partial charge is 0.229 e. The van der Waals surface area contributed by atoms with Crippen molar-refractivity contribution in [3.8, 4) is 33.8 Å². The lowest BCUT2D eigenvalue weighted by atomic mass is 9.95. The zero-order chi connectivity index (χ0) is 27.3. The summed E-state index contributed by atoms with van der Waals surface area (Å²) in [7, 11) is 0. The highest BCUT2D eigenvalue weighted by Gasteiger charge is 2.22. The molecule has 0 radical (unpaired) electrons. The quantitative estimate of drug-likeness (QED) is 0.244. The first kappa shape index (κ1) is 24.4. The van der Waals surface area contributed by atoms with E-state index in [2.05, 4.69) is 35.5 Å². The number of imidazole rings is 1. The summed E-state index contributed by atoms with van der Waals surface area (Å²) in [5, 5.41) is 10.7. The molecule has 10 heteroatoms. The number of amides is 1. The summed E-state index contributed by atoms with van der Waals surface area (Å²) in [5.41, 5.74) is 4.40. The Morgan fingerprint density at radius 3 is 2.51 bits per heavy atom. The van der Waals surface area contributed by atoms with Gasteiger partial charge in [0.05, 0.1) is 22.9 Å². The molecule has 0 aliphatic carbocycles. The van der Waals surface area contributed by atoms with Gasteiger partial charge in [0.1, 0.15) is 17.3 Å². The van der Waals surface area contributed by atoms with Gasteiger partial charge in [-0.15, -0.1) is 0 Å². The van der Waals surface area contributed by atoms with E-state index in [4.69, 9.17) is 0 Å². The maximum Gasteiger partial charge on any atom is 0.229 e. The number of fused-ring (bicyclic) bond motifs is 2. The third-order valence-corrected chi connectivity index (χ3v) is 6.41. The zero-order valence-corrected chi connectivity index (χ0v) is 21.3. The Kier molecular flexibility index (Phi) is 5.67. The van der Waals surface area contributed by atoms with E-state index in [9.17, 15) is 9.18 Å². The Morgan fingerprint density at radius 2 is 1.74 bits per heavy atom. The van der Waals surface area contributed by atoms with Gasteiger partial charge in [-0.2, -0.15) is 5.10 Å². The molecule has 4 aromatic heterocycles. The predicted molar refractivity (Wildman–Crippen MR) is 146 cm³/mol. The van der Waals surface area contributed by atoms with Crippen LogP contribution in [-0.4, -0.2) is 36.0 Å². The molecule has 4 heterocycles. The van der Waals surface area contributed by atoms with E-state index in [1.807, 2.05) is 26.8 Å². The SMILES string of the molecule is CC(C)(C)C(=O)Nc1cncc(-c2cc3c(-c4nc5nccc(-c6ccc(F)cc6)c5[nH]4)n[nH]c3cc2F)c1. The second-order valence-corrected chi connectivity index (χ2v) is 10.3. The monoisotopic (exact) mass is 523 g/mol. The van der Waals surface area contributed by atoms with Crippen LogP contribution in [0.1, 0.15) is 20.8 Å². The van der Waals surface area contributed by atoms with Crippen molar-refractivity contribution < 1.29 is 13.6 Å². The first-order valence-corrected chi connectivity index (χ1v) is 12.2. The summed E-state index contributed by atoms with van der Waals surface area (Å²) >= 11 is 0. The second-order valence-electron chi connectivity index (χ2n) is 10.3. The maximum absolute atomic E-state index is 15.2. The van der Waals surface area contributed by atoms with E-state index < -0.39 is 11.2 Å². The molecule has 39 heavy (non-hydrogen) atoms. The van der Waals surface area contributed by atoms with E-state index in [-0.39, 0.29) is 11.7 Å². The molecule has 2 aromatic carbocycles. The molecule has 0 saturated carbocycles. The number of rotatable bonds is 4. The number of hydrogen-bond donors (Lipinski definition) is 3. The van der Waals surface area contributed by atoms with Gasteiger partial charge in [0.15, 0.2) is 11.5 Å². The zero-order valence-electron chi connectivity index (χ0n) is 21.3. The van der Waals surface area contributed by atoms with Crippen molar-refractivity contribution in [2.45, 2.75) is 20.8 Å². The molecular weight excluding hydrogens is 500 g/mol. The van der Waals surface area contributed by atoms with E-state index in [1.165, 1.54) is 30.6 Å². The van der Waals surface area contributed by atoms with Crippen LogP contribution in [0.3, 0.4) is 0 Å². The van der Waals surface area contributed by atoms with Crippen LogP contribution >= 0.6 is 0 Å². The molecule has 3 N–H and O–H groups in total. The number of carbonyl (C=O) groups is 1. The normalized spacial score (nSPS) is 11.8. The van der Waals surface area contributed by atoms with Gasteiger partial charge in [0.2, 0.25) is 5.91 Å². The van der Waals surface area contributed by atoms with Crippen molar-refractivity contribution in [2.75, 3.05) is 5.32 Å². The Bertz CT molecular complexity index is 1870. The second kappa shape index (κ2) is 9.09. The van der Waals surface area contributed by atoms with Gasteiger partial charge in [-0.1, -0.05) is 32.9 Å². The van der Waals surface area contributed by atoms with Crippen LogP contribution in [-0.2, 0) is 4.79 Å². The predicted octanol–water partition coefficient (Wildman–Crippen LogP) is 6.49. The number of pyridine rings is 2. The summed E-state index contributed by atoms with van der Waals surface area (Å²) in [6.45, 7) is 5.43. The van der Waals surface area contributed by atoms with Crippen LogP contribution in [0.25, 0.3) is 55.8 Å². The number of H-pyrrole nitrogens is 2. The van der Waals surface area contributed by atoms with Gasteiger partial charge >= 0.3 is 0 Å². The lowest BCUT2D eigenvalue weighted by Gasteiger charge is -2.17. The van der Waals surface area contributed by atoms with Crippen molar-refractivity contribution in [3.63, 3.8) is 0 Å². The van der Waals surface area contributed by atoms with Gasteiger partial charge in [0.25, 0.3) is 0 Å². The van der Waals surface area contributed by atoms with Crippen LogP contribution in [0.15, 0.2) is 67.1 Å². The molecule has 194 valence electrons. The minimum Gasteiger partial charge on any atom is -0.335 e. The number of hydrogen-bond acceptors (Lipinski definition) is 5. The summed E-state index contributed by atoms with van der Waals surface area (Å²) in [5.74, 6) is -0.519. The van der Waals surface area contributed by atoms with Gasteiger partial charge in [-0.3, -0.25) is 14.9 Å². The standard InChI is InChI=1S/C29H23F2N7O/c1-29(2,3)28(39)34-18-10-16(13-32-14-18)20-11-21-23(12-22(20)31)37-38-25(21)27-35-24-19(8-9-33-26(24)36-27)15-4-6-17(30)7-5-15/h4-14H,1-3H3,(H,34,39)(H,37,38)(H,33,35,36). The third kappa shape index (κ3) is 4.50. The molecule has 8 nitrogen and oxygen atoms in total. The molecule has 1 amide bonds.